The van der Waals surface area contributed by atoms with Gasteiger partial charge in [0.05, 0.1) is 16.6 Å². The van der Waals surface area contributed by atoms with Crippen LogP contribution < -0.4 is 10.6 Å². The number of unbranched alkanes of at least 4 members (excludes halogenated alkanes) is 3. The monoisotopic (exact) mass is 487 g/mol. The molecule has 3 aliphatic rings. The van der Waals surface area contributed by atoms with Gasteiger partial charge in [0.2, 0.25) is 17.7 Å². The minimum Gasteiger partial charge on any atom is -0.396 e. The topological polar surface area (TPSA) is 98.7 Å². The maximum Gasteiger partial charge on any atom is 0.244 e. The van der Waals surface area contributed by atoms with Gasteiger partial charge in [0.15, 0.2) is 0 Å². The maximum absolute atomic E-state index is 13.9. The molecule has 2 unspecified atom stereocenters. The number of carbonyl (C=O) groups is 3. The zero-order valence-corrected chi connectivity index (χ0v) is 21.2. The minimum absolute atomic E-state index is 0.0270. The van der Waals surface area contributed by atoms with Gasteiger partial charge < -0.3 is 20.6 Å². The maximum atomic E-state index is 13.9. The molecule has 3 fully saturated rings. The molecule has 186 valence electrons. The van der Waals surface area contributed by atoms with E-state index in [1.54, 1.807) is 16.7 Å². The SMILES string of the molecule is CC(C)NC(=O)C1N(CCCCCCO)C(=O)[C@@H]2[C@H](C(=O)Nc3ccccc3)[C@]3(C)CCC12S3. The van der Waals surface area contributed by atoms with E-state index in [-0.39, 0.29) is 35.1 Å². The number of para-hydroxylation sites is 1. The Hall–Kier alpha value is -2.06. The number of aliphatic hydroxyl groups is 1. The van der Waals surface area contributed by atoms with E-state index in [2.05, 4.69) is 17.6 Å². The Bertz CT molecular complexity index is 926. The predicted molar refractivity (Wildman–Crippen MR) is 134 cm³/mol. The van der Waals surface area contributed by atoms with Gasteiger partial charge in [-0.1, -0.05) is 31.0 Å². The number of nitrogens with one attached hydrogen (secondary N) is 2. The highest BCUT2D eigenvalue weighted by atomic mass is 32.2. The quantitative estimate of drug-likeness (QED) is 0.440. The normalized spacial score (nSPS) is 31.7. The highest BCUT2D eigenvalue weighted by molar-refractivity contribution is 8.02. The third kappa shape index (κ3) is 4.35. The van der Waals surface area contributed by atoms with Crippen molar-refractivity contribution in [3.8, 4) is 0 Å². The van der Waals surface area contributed by atoms with Gasteiger partial charge in [0.1, 0.15) is 6.04 Å². The van der Waals surface area contributed by atoms with Gasteiger partial charge in [-0.15, -0.1) is 11.8 Å². The average molecular weight is 488 g/mol. The van der Waals surface area contributed by atoms with Crippen LogP contribution in [0.5, 0.6) is 0 Å². The Morgan fingerprint density at radius 3 is 2.50 bits per heavy atom. The third-order valence-corrected chi connectivity index (χ3v) is 9.57. The van der Waals surface area contributed by atoms with E-state index in [1.807, 2.05) is 44.2 Å². The number of thioether (sulfide) groups is 1. The van der Waals surface area contributed by atoms with Crippen LogP contribution in [0.2, 0.25) is 0 Å². The van der Waals surface area contributed by atoms with Crippen LogP contribution in [-0.4, -0.2) is 62.5 Å². The third-order valence-electron chi connectivity index (χ3n) is 7.59. The van der Waals surface area contributed by atoms with Gasteiger partial charge >= 0.3 is 0 Å². The molecule has 34 heavy (non-hydrogen) atoms. The number of anilines is 1. The van der Waals surface area contributed by atoms with Gasteiger partial charge in [-0.3, -0.25) is 14.4 Å². The highest BCUT2D eigenvalue weighted by Gasteiger charge is 2.77. The summed E-state index contributed by atoms with van der Waals surface area (Å²) in [6.07, 6.45) is 4.88. The Kier molecular flexibility index (Phi) is 7.29. The first-order chi connectivity index (χ1) is 16.2. The number of fused-ring (bicyclic) bond motifs is 1. The Balaban J connectivity index is 1.62. The molecule has 3 N–H and O–H groups in total. The molecule has 0 saturated carbocycles. The summed E-state index contributed by atoms with van der Waals surface area (Å²) >= 11 is 1.70. The van der Waals surface area contributed by atoms with Gasteiger partial charge in [-0.2, -0.15) is 0 Å². The van der Waals surface area contributed by atoms with E-state index < -0.39 is 22.6 Å². The summed E-state index contributed by atoms with van der Waals surface area (Å²) in [5.41, 5.74) is 0.721. The van der Waals surface area contributed by atoms with E-state index in [0.717, 1.165) is 44.2 Å². The summed E-state index contributed by atoms with van der Waals surface area (Å²) < 4.78 is -0.947. The first kappa shape index (κ1) is 25.0. The van der Waals surface area contributed by atoms with Crippen LogP contribution in [0.4, 0.5) is 5.69 Å². The predicted octanol–water partition coefficient (Wildman–Crippen LogP) is 3.18. The van der Waals surface area contributed by atoms with E-state index in [1.165, 1.54) is 0 Å². The fraction of sp³-hybridized carbons (Fsp3) is 0.654. The molecule has 3 saturated heterocycles. The minimum atomic E-state index is -0.575. The molecule has 7 nitrogen and oxygen atoms in total. The van der Waals surface area contributed by atoms with Gasteiger partial charge in [-0.25, -0.2) is 0 Å². The van der Waals surface area contributed by atoms with Crippen LogP contribution in [0.25, 0.3) is 0 Å². The molecule has 1 aromatic rings. The van der Waals surface area contributed by atoms with Crippen molar-refractivity contribution in [2.75, 3.05) is 18.5 Å². The van der Waals surface area contributed by atoms with Crippen molar-refractivity contribution >= 4 is 35.2 Å². The van der Waals surface area contributed by atoms with Crippen LogP contribution in [0.3, 0.4) is 0 Å². The summed E-state index contributed by atoms with van der Waals surface area (Å²) in [6, 6.07) is 8.76. The molecule has 0 aliphatic carbocycles. The number of rotatable bonds is 10. The second kappa shape index (κ2) is 9.90. The Labute approximate surface area is 206 Å². The van der Waals surface area contributed by atoms with Crippen molar-refractivity contribution in [1.29, 1.82) is 0 Å². The molecule has 5 atom stereocenters. The van der Waals surface area contributed by atoms with Crippen LogP contribution in [0, 0.1) is 11.8 Å². The number of likely N-dealkylation sites (tertiary alicyclic amines) is 1. The first-order valence-electron chi connectivity index (χ1n) is 12.5. The number of aliphatic hydroxyl groups excluding tert-OH is 1. The molecular weight excluding hydrogens is 450 g/mol. The van der Waals surface area contributed by atoms with E-state index in [4.69, 9.17) is 5.11 Å². The van der Waals surface area contributed by atoms with Crippen LogP contribution in [-0.2, 0) is 14.4 Å². The second-order valence-electron chi connectivity index (χ2n) is 10.4. The van der Waals surface area contributed by atoms with Crippen LogP contribution in [0.15, 0.2) is 30.3 Å². The molecule has 2 bridgehead atoms. The fourth-order valence-corrected chi connectivity index (χ4v) is 8.58. The zero-order chi connectivity index (χ0) is 24.5. The molecule has 3 aliphatic heterocycles. The standard InChI is InChI=1S/C26H37N3O4S/c1-17(2)27-23(32)21-26-14-13-25(3,34-26)19(22(31)28-18-11-7-6-8-12-18)20(26)24(33)29(21)15-9-4-5-10-16-30/h6-8,11-12,17,19-21,30H,4-5,9-10,13-16H2,1-3H3,(H,27,32)(H,28,31)/t19-,20+,21?,25+,26?/m1/s1. The summed E-state index contributed by atoms with van der Waals surface area (Å²) in [4.78, 5) is 42.7. The average Bonchev–Trinajstić information content (AvgIpc) is 3.34. The number of carbonyl (C=O) groups excluding carboxylic acids is 3. The molecule has 1 spiro atoms. The second-order valence-corrected chi connectivity index (χ2v) is 12.3. The highest BCUT2D eigenvalue weighted by Crippen LogP contribution is 2.71. The lowest BCUT2D eigenvalue weighted by Gasteiger charge is -2.35. The lowest BCUT2D eigenvalue weighted by Crippen LogP contribution is -2.54. The summed E-state index contributed by atoms with van der Waals surface area (Å²) in [6.45, 7) is 6.62. The largest absolute Gasteiger partial charge is 0.396 e. The van der Waals surface area contributed by atoms with Gasteiger partial charge in [0.25, 0.3) is 0 Å². The van der Waals surface area contributed by atoms with Crippen molar-refractivity contribution in [3.63, 3.8) is 0 Å². The summed E-state index contributed by atoms with van der Waals surface area (Å²) in [5, 5.41) is 15.1. The van der Waals surface area contributed by atoms with Crippen molar-refractivity contribution < 1.29 is 19.5 Å². The van der Waals surface area contributed by atoms with Crippen LogP contribution in [0.1, 0.15) is 59.3 Å². The van der Waals surface area contributed by atoms with Crippen LogP contribution >= 0.6 is 11.8 Å². The number of nitrogens with zero attached hydrogens (tertiary/aromatic N) is 1. The lowest BCUT2D eigenvalue weighted by atomic mass is 9.66. The van der Waals surface area contributed by atoms with Crippen molar-refractivity contribution in [1.82, 2.24) is 10.2 Å². The summed E-state index contributed by atoms with van der Waals surface area (Å²) in [5.74, 6) is -1.28. The number of hydrogen-bond donors (Lipinski definition) is 3. The summed E-state index contributed by atoms with van der Waals surface area (Å²) in [7, 11) is 0. The molecule has 0 aromatic heterocycles. The Morgan fingerprint density at radius 1 is 1.12 bits per heavy atom. The molecular formula is C26H37N3O4S. The number of benzene rings is 1. The first-order valence-corrected chi connectivity index (χ1v) is 13.3. The Morgan fingerprint density at radius 2 is 1.82 bits per heavy atom. The zero-order valence-electron chi connectivity index (χ0n) is 20.4. The van der Waals surface area contributed by atoms with Crippen molar-refractivity contribution in [3.05, 3.63) is 30.3 Å². The number of hydrogen-bond acceptors (Lipinski definition) is 5. The van der Waals surface area contributed by atoms with Gasteiger partial charge in [-0.05, 0) is 58.6 Å². The van der Waals surface area contributed by atoms with E-state index in [0.29, 0.717) is 6.54 Å². The smallest absolute Gasteiger partial charge is 0.244 e. The fourth-order valence-electron chi connectivity index (χ4n) is 6.22. The molecule has 3 heterocycles. The van der Waals surface area contributed by atoms with E-state index in [9.17, 15) is 14.4 Å². The molecule has 8 heteroatoms. The molecule has 4 rings (SSSR count). The molecule has 3 amide bonds. The molecule has 1 aromatic carbocycles. The van der Waals surface area contributed by atoms with E-state index >= 15 is 0 Å². The molecule has 0 radical (unpaired) electrons. The van der Waals surface area contributed by atoms with Gasteiger partial charge in [0, 0.05) is 29.6 Å². The van der Waals surface area contributed by atoms with Crippen molar-refractivity contribution in [2.24, 2.45) is 11.8 Å². The number of amides is 3. The van der Waals surface area contributed by atoms with Crippen molar-refractivity contribution in [2.45, 2.75) is 80.9 Å². The lowest BCUT2D eigenvalue weighted by molar-refractivity contribution is -0.139.